The van der Waals surface area contributed by atoms with Gasteiger partial charge in [-0.2, -0.15) is 13.2 Å². The number of hydrogen-bond donors (Lipinski definition) is 0. The predicted octanol–water partition coefficient (Wildman–Crippen LogP) is 1.29. The van der Waals surface area contributed by atoms with E-state index >= 15 is 0 Å². The Balaban J connectivity index is 2.33. The zero-order valence-corrected chi connectivity index (χ0v) is 4.28. The molecule has 0 aromatic carbocycles. The van der Waals surface area contributed by atoms with Crippen molar-refractivity contribution in [3.8, 4) is 0 Å². The second-order valence-electron chi connectivity index (χ2n) is 1.79. The van der Waals surface area contributed by atoms with Crippen LogP contribution in [0.15, 0.2) is 0 Å². The lowest BCUT2D eigenvalue weighted by atomic mass is 10.3. The van der Waals surface area contributed by atoms with Crippen LogP contribution in [0.3, 0.4) is 0 Å². The van der Waals surface area contributed by atoms with Crippen LogP contribution in [0.5, 0.6) is 0 Å². The molecular weight excluding hydrogens is 140 g/mol. The molecule has 0 N–H and O–H groups in total. The van der Waals surface area contributed by atoms with E-state index in [0.717, 1.165) is 0 Å². The van der Waals surface area contributed by atoms with E-state index in [1.54, 1.807) is 0 Å². The summed E-state index contributed by atoms with van der Waals surface area (Å²) in [5, 5.41) is 0. The van der Waals surface area contributed by atoms with Gasteiger partial charge in [-0.05, 0) is 0 Å². The summed E-state index contributed by atoms with van der Waals surface area (Å²) in [7, 11) is 0. The van der Waals surface area contributed by atoms with Crippen LogP contribution in [0.4, 0.5) is 17.6 Å². The monoisotopic (exact) mass is 144 g/mol. The van der Waals surface area contributed by atoms with Crippen molar-refractivity contribution in [1.29, 1.82) is 0 Å². The number of epoxide rings is 1. The normalized spacial score (nSPS) is 34.7. The summed E-state index contributed by atoms with van der Waals surface area (Å²) in [6, 6.07) is 0. The first-order valence-corrected chi connectivity index (χ1v) is 2.34. The SMILES string of the molecule is FCC1OC1C(F)(F)F. The molecule has 0 aromatic heterocycles. The van der Waals surface area contributed by atoms with Gasteiger partial charge in [0.25, 0.3) is 0 Å². The number of rotatable bonds is 1. The summed E-state index contributed by atoms with van der Waals surface area (Å²) < 4.78 is 49.4. The highest BCUT2D eigenvalue weighted by atomic mass is 19.4. The van der Waals surface area contributed by atoms with Crippen LogP contribution >= 0.6 is 0 Å². The van der Waals surface area contributed by atoms with Gasteiger partial charge in [-0.3, -0.25) is 0 Å². The number of halogens is 4. The van der Waals surface area contributed by atoms with Gasteiger partial charge in [0.2, 0.25) is 0 Å². The Bertz CT molecular complexity index is 110. The molecule has 0 aliphatic carbocycles. The second-order valence-corrected chi connectivity index (χ2v) is 1.79. The fourth-order valence-electron chi connectivity index (χ4n) is 0.548. The molecule has 1 aliphatic heterocycles. The Labute approximate surface area is 48.6 Å². The number of ether oxygens (including phenoxy) is 1. The Morgan fingerprint density at radius 1 is 1.33 bits per heavy atom. The predicted molar refractivity (Wildman–Crippen MR) is 20.7 cm³/mol. The summed E-state index contributed by atoms with van der Waals surface area (Å²) in [5.74, 6) is 0. The minimum absolute atomic E-state index is 1.05. The molecular formula is C4H4F4O. The van der Waals surface area contributed by atoms with Gasteiger partial charge in [-0.25, -0.2) is 4.39 Å². The van der Waals surface area contributed by atoms with Crippen molar-refractivity contribution in [3.05, 3.63) is 0 Å². The Kier molecular flexibility index (Phi) is 1.38. The Hall–Kier alpha value is -0.320. The van der Waals surface area contributed by atoms with Crippen molar-refractivity contribution in [2.75, 3.05) is 6.67 Å². The summed E-state index contributed by atoms with van der Waals surface area (Å²) in [5.41, 5.74) is 0. The van der Waals surface area contributed by atoms with E-state index in [-0.39, 0.29) is 0 Å². The number of hydrogen-bond acceptors (Lipinski definition) is 1. The van der Waals surface area contributed by atoms with Gasteiger partial charge in [0, 0.05) is 0 Å². The third-order valence-electron chi connectivity index (χ3n) is 1.06. The van der Waals surface area contributed by atoms with Gasteiger partial charge in [0.05, 0.1) is 0 Å². The van der Waals surface area contributed by atoms with Crippen LogP contribution in [0.25, 0.3) is 0 Å². The van der Waals surface area contributed by atoms with Crippen molar-refractivity contribution in [2.45, 2.75) is 18.4 Å². The van der Waals surface area contributed by atoms with Crippen LogP contribution < -0.4 is 0 Å². The van der Waals surface area contributed by atoms with Crippen molar-refractivity contribution in [2.24, 2.45) is 0 Å². The maximum Gasteiger partial charge on any atom is 0.417 e. The largest absolute Gasteiger partial charge is 0.417 e. The molecule has 9 heavy (non-hydrogen) atoms. The summed E-state index contributed by atoms with van der Waals surface area (Å²) in [6.45, 7) is -1.05. The van der Waals surface area contributed by atoms with Gasteiger partial charge in [-0.15, -0.1) is 0 Å². The minimum Gasteiger partial charge on any atom is -0.357 e. The van der Waals surface area contributed by atoms with E-state index in [1.165, 1.54) is 0 Å². The van der Waals surface area contributed by atoms with E-state index in [0.29, 0.717) is 0 Å². The molecule has 0 bridgehead atoms. The zero-order chi connectivity index (χ0) is 7.07. The Morgan fingerprint density at radius 3 is 2.00 bits per heavy atom. The van der Waals surface area contributed by atoms with Crippen LogP contribution in [0.1, 0.15) is 0 Å². The molecule has 0 saturated carbocycles. The van der Waals surface area contributed by atoms with Gasteiger partial charge >= 0.3 is 6.18 Å². The molecule has 2 unspecified atom stereocenters. The van der Waals surface area contributed by atoms with E-state index in [9.17, 15) is 17.6 Å². The second kappa shape index (κ2) is 1.83. The van der Waals surface area contributed by atoms with E-state index < -0.39 is 25.1 Å². The third-order valence-corrected chi connectivity index (χ3v) is 1.06. The molecule has 0 spiro atoms. The molecule has 1 aliphatic rings. The molecule has 1 rings (SSSR count). The third kappa shape index (κ3) is 1.32. The first-order chi connectivity index (χ1) is 4.05. The maximum absolute atomic E-state index is 11.4. The average Bonchev–Trinajstić information content (AvgIpc) is 2.39. The molecule has 1 nitrogen and oxygen atoms in total. The first kappa shape index (κ1) is 6.80. The van der Waals surface area contributed by atoms with Crippen molar-refractivity contribution in [3.63, 3.8) is 0 Å². The van der Waals surface area contributed by atoms with Gasteiger partial charge in [0.1, 0.15) is 12.8 Å². The topological polar surface area (TPSA) is 12.5 Å². The lowest BCUT2D eigenvalue weighted by Crippen LogP contribution is -2.19. The Morgan fingerprint density at radius 2 is 1.89 bits per heavy atom. The zero-order valence-electron chi connectivity index (χ0n) is 4.28. The van der Waals surface area contributed by atoms with Crippen molar-refractivity contribution >= 4 is 0 Å². The van der Waals surface area contributed by atoms with Crippen LogP contribution in [0.2, 0.25) is 0 Å². The lowest BCUT2D eigenvalue weighted by molar-refractivity contribution is -0.146. The molecule has 0 radical (unpaired) electrons. The van der Waals surface area contributed by atoms with Gasteiger partial charge in [0.15, 0.2) is 6.10 Å². The van der Waals surface area contributed by atoms with Crippen LogP contribution in [-0.2, 0) is 4.74 Å². The molecule has 54 valence electrons. The summed E-state index contributed by atoms with van der Waals surface area (Å²) in [4.78, 5) is 0. The molecule has 0 amide bonds. The van der Waals surface area contributed by atoms with Crippen LogP contribution in [0, 0.1) is 0 Å². The van der Waals surface area contributed by atoms with Crippen molar-refractivity contribution < 1.29 is 22.3 Å². The standard InChI is InChI=1S/C4H4F4O/c5-1-2-3(9-2)4(6,7)8/h2-3H,1H2. The molecule has 2 atom stereocenters. The molecule has 1 fully saturated rings. The smallest absolute Gasteiger partial charge is 0.357 e. The lowest BCUT2D eigenvalue weighted by Gasteiger charge is -1.97. The highest BCUT2D eigenvalue weighted by Gasteiger charge is 2.57. The van der Waals surface area contributed by atoms with E-state index in [4.69, 9.17) is 0 Å². The van der Waals surface area contributed by atoms with Gasteiger partial charge in [-0.1, -0.05) is 0 Å². The fraction of sp³-hybridized carbons (Fsp3) is 1.00. The molecule has 0 aromatic rings. The summed E-state index contributed by atoms with van der Waals surface area (Å²) in [6.07, 6.45) is -7.45. The number of alkyl halides is 4. The minimum atomic E-state index is -4.38. The molecule has 1 saturated heterocycles. The van der Waals surface area contributed by atoms with Crippen molar-refractivity contribution in [1.82, 2.24) is 0 Å². The quantitative estimate of drug-likeness (QED) is 0.399. The maximum atomic E-state index is 11.4. The van der Waals surface area contributed by atoms with E-state index in [1.807, 2.05) is 0 Å². The van der Waals surface area contributed by atoms with E-state index in [2.05, 4.69) is 4.74 Å². The highest BCUT2D eigenvalue weighted by Crippen LogP contribution is 2.37. The fourth-order valence-corrected chi connectivity index (χ4v) is 0.548. The summed E-state index contributed by atoms with van der Waals surface area (Å²) >= 11 is 0. The molecule has 5 heteroatoms. The first-order valence-electron chi connectivity index (χ1n) is 2.34. The van der Waals surface area contributed by atoms with Gasteiger partial charge < -0.3 is 4.74 Å². The average molecular weight is 144 g/mol. The highest BCUT2D eigenvalue weighted by molar-refractivity contribution is 4.90. The van der Waals surface area contributed by atoms with Crippen LogP contribution in [-0.4, -0.2) is 25.1 Å². The molecule has 1 heterocycles.